The van der Waals surface area contributed by atoms with Crippen molar-refractivity contribution in [2.75, 3.05) is 25.9 Å². The fourth-order valence-electron chi connectivity index (χ4n) is 3.39. The monoisotopic (exact) mass is 462 g/mol. The minimum absolute atomic E-state index is 0.474. The molecule has 0 aliphatic carbocycles. The fourth-order valence-corrected chi connectivity index (χ4v) is 3.39. The summed E-state index contributed by atoms with van der Waals surface area (Å²) >= 11 is 0. The van der Waals surface area contributed by atoms with E-state index in [-0.39, 0.29) is 0 Å². The number of nitrogens with one attached hydrogen (secondary N) is 2. The van der Waals surface area contributed by atoms with Crippen LogP contribution >= 0.6 is 0 Å². The number of nitrogens with zero attached hydrogens (tertiary/aromatic N) is 3. The molecule has 0 amide bonds. The highest BCUT2D eigenvalue weighted by Gasteiger charge is 2.38. The number of carboxylic acids is 1. The van der Waals surface area contributed by atoms with E-state index in [0.29, 0.717) is 11.5 Å². The molecular weight excluding hydrogens is 437 g/mol. The Morgan fingerprint density at radius 1 is 1.21 bits per heavy atom. The summed E-state index contributed by atoms with van der Waals surface area (Å²) in [6.45, 7) is 6.21. The zero-order valence-corrected chi connectivity index (χ0v) is 18.4. The van der Waals surface area contributed by atoms with Gasteiger partial charge in [0.25, 0.3) is 0 Å². The van der Waals surface area contributed by atoms with Crippen LogP contribution in [0.25, 0.3) is 33.3 Å². The minimum atomic E-state index is -5.08. The van der Waals surface area contributed by atoms with Crippen LogP contribution in [0.2, 0.25) is 0 Å². The molecule has 8 nitrogen and oxygen atoms in total. The summed E-state index contributed by atoms with van der Waals surface area (Å²) in [5, 5.41) is 8.38. The van der Waals surface area contributed by atoms with Gasteiger partial charge in [-0.1, -0.05) is 19.1 Å². The van der Waals surface area contributed by atoms with Gasteiger partial charge in [0.15, 0.2) is 5.65 Å². The highest BCUT2D eigenvalue weighted by molar-refractivity contribution is 5.96. The molecule has 0 aliphatic heterocycles. The molecule has 3 aromatic heterocycles. The van der Waals surface area contributed by atoms with Crippen molar-refractivity contribution >= 4 is 33.9 Å². The van der Waals surface area contributed by atoms with E-state index >= 15 is 0 Å². The highest BCUT2D eigenvalue weighted by Crippen LogP contribution is 2.31. The van der Waals surface area contributed by atoms with Crippen molar-refractivity contribution in [2.24, 2.45) is 0 Å². The van der Waals surface area contributed by atoms with Gasteiger partial charge in [-0.05, 0) is 50.7 Å². The van der Waals surface area contributed by atoms with E-state index in [2.05, 4.69) is 63.1 Å². The van der Waals surface area contributed by atoms with E-state index in [9.17, 15) is 13.2 Å². The van der Waals surface area contributed by atoms with Gasteiger partial charge in [0.05, 0.1) is 5.52 Å². The number of nitrogens with two attached hydrogens (primary N) is 1. The van der Waals surface area contributed by atoms with Gasteiger partial charge in [-0.25, -0.2) is 14.8 Å². The number of aromatic amines is 2. The SMILES string of the molecule is CCN(C)CCc1cccc2[nH]c(-c3cc(N)nc4nc(C)[nH]c34)cc12.O=C(O)C(F)(F)F. The van der Waals surface area contributed by atoms with Crippen LogP contribution in [0, 0.1) is 6.92 Å². The third kappa shape index (κ3) is 5.61. The average molecular weight is 462 g/mol. The number of alkyl halides is 3. The first-order chi connectivity index (χ1) is 15.5. The van der Waals surface area contributed by atoms with Crippen molar-refractivity contribution in [1.29, 1.82) is 0 Å². The number of rotatable bonds is 5. The molecule has 0 atom stereocenters. The second-order valence-electron chi connectivity index (χ2n) is 7.63. The number of hydrogen-bond acceptors (Lipinski definition) is 5. The first-order valence-corrected chi connectivity index (χ1v) is 10.2. The topological polar surface area (TPSA) is 124 Å². The van der Waals surface area contributed by atoms with E-state index < -0.39 is 12.1 Å². The number of aryl methyl sites for hydroxylation is 1. The van der Waals surface area contributed by atoms with E-state index in [1.54, 1.807) is 0 Å². The maximum Gasteiger partial charge on any atom is 0.490 e. The molecule has 11 heteroatoms. The van der Waals surface area contributed by atoms with Crippen LogP contribution in [0.15, 0.2) is 30.3 Å². The van der Waals surface area contributed by atoms with E-state index in [0.717, 1.165) is 47.6 Å². The van der Waals surface area contributed by atoms with Crippen molar-refractivity contribution < 1.29 is 23.1 Å². The molecule has 4 aromatic rings. The number of benzene rings is 1. The average Bonchev–Trinajstić information content (AvgIpc) is 3.33. The third-order valence-electron chi connectivity index (χ3n) is 5.19. The van der Waals surface area contributed by atoms with Crippen molar-refractivity contribution in [3.05, 3.63) is 41.7 Å². The van der Waals surface area contributed by atoms with Crippen LogP contribution in [0.1, 0.15) is 18.3 Å². The predicted molar refractivity (Wildman–Crippen MR) is 121 cm³/mol. The van der Waals surface area contributed by atoms with Crippen molar-refractivity contribution in [2.45, 2.75) is 26.4 Å². The number of aromatic nitrogens is 4. The minimum Gasteiger partial charge on any atom is -0.475 e. The molecule has 0 bridgehead atoms. The third-order valence-corrected chi connectivity index (χ3v) is 5.19. The number of H-pyrrole nitrogens is 2. The Morgan fingerprint density at radius 3 is 2.55 bits per heavy atom. The lowest BCUT2D eigenvalue weighted by Gasteiger charge is -2.13. The van der Waals surface area contributed by atoms with Gasteiger partial charge in [0, 0.05) is 28.7 Å². The quantitative estimate of drug-likeness (QED) is 0.354. The number of hydrogen-bond donors (Lipinski definition) is 4. The standard InChI is InChI=1S/C20H24N6.C2HF3O2/c1-4-26(3)9-8-13-6-5-7-16-14(13)10-17(24-16)15-11-18(21)25-20-19(15)22-12(2)23-20;3-2(4,5)1(6)7/h5-7,10-11,24H,4,8-9H2,1-3H3,(H3,21,22,23,25);(H,6,7). The number of pyridine rings is 1. The second kappa shape index (κ2) is 9.49. The summed E-state index contributed by atoms with van der Waals surface area (Å²) in [4.78, 5) is 26.8. The largest absolute Gasteiger partial charge is 0.490 e. The smallest absolute Gasteiger partial charge is 0.475 e. The van der Waals surface area contributed by atoms with E-state index in [1.807, 2.05) is 13.0 Å². The second-order valence-corrected chi connectivity index (χ2v) is 7.63. The fraction of sp³-hybridized carbons (Fsp3) is 0.318. The number of likely N-dealkylation sites (N-methyl/N-ethyl adjacent to an activating group) is 1. The summed E-state index contributed by atoms with van der Waals surface area (Å²) in [5.74, 6) is -1.45. The van der Waals surface area contributed by atoms with E-state index in [1.165, 1.54) is 10.9 Å². The number of nitrogen functional groups attached to an aromatic ring is 1. The molecule has 0 unspecified atom stereocenters. The summed E-state index contributed by atoms with van der Waals surface area (Å²) in [5.41, 5.74) is 12.1. The Labute approximate surface area is 187 Å². The van der Waals surface area contributed by atoms with Gasteiger partial charge in [-0.3, -0.25) is 0 Å². The Balaban J connectivity index is 0.000000383. The van der Waals surface area contributed by atoms with Gasteiger partial charge in [0.2, 0.25) is 0 Å². The first kappa shape index (κ1) is 24.1. The Bertz CT molecular complexity index is 1280. The van der Waals surface area contributed by atoms with Crippen molar-refractivity contribution in [1.82, 2.24) is 24.8 Å². The number of halogens is 3. The number of imidazole rings is 1. The molecule has 1 aromatic carbocycles. The lowest BCUT2D eigenvalue weighted by Crippen LogP contribution is -2.21. The number of carbonyl (C=O) groups is 1. The first-order valence-electron chi connectivity index (χ1n) is 10.2. The molecule has 176 valence electrons. The molecule has 0 spiro atoms. The zero-order valence-electron chi connectivity index (χ0n) is 18.4. The van der Waals surface area contributed by atoms with Crippen molar-refractivity contribution in [3.8, 4) is 11.3 Å². The molecule has 33 heavy (non-hydrogen) atoms. The van der Waals surface area contributed by atoms with Gasteiger partial charge in [0.1, 0.15) is 11.6 Å². The molecule has 0 saturated carbocycles. The van der Waals surface area contributed by atoms with Crippen LogP contribution in [-0.2, 0) is 11.2 Å². The van der Waals surface area contributed by atoms with Gasteiger partial charge < -0.3 is 25.7 Å². The molecule has 3 heterocycles. The maximum absolute atomic E-state index is 10.6. The summed E-state index contributed by atoms with van der Waals surface area (Å²) in [7, 11) is 2.15. The van der Waals surface area contributed by atoms with E-state index in [4.69, 9.17) is 15.6 Å². The summed E-state index contributed by atoms with van der Waals surface area (Å²) in [6, 6.07) is 10.5. The maximum atomic E-state index is 10.6. The Hall–Kier alpha value is -3.60. The number of aliphatic carboxylic acids is 1. The molecule has 0 fully saturated rings. The van der Waals surface area contributed by atoms with Gasteiger partial charge >= 0.3 is 12.1 Å². The molecule has 4 rings (SSSR count). The molecule has 0 radical (unpaired) electrons. The molecule has 0 saturated heterocycles. The Morgan fingerprint density at radius 2 is 1.91 bits per heavy atom. The van der Waals surface area contributed by atoms with Crippen LogP contribution < -0.4 is 5.73 Å². The van der Waals surface area contributed by atoms with Crippen LogP contribution in [0.5, 0.6) is 0 Å². The van der Waals surface area contributed by atoms with Gasteiger partial charge in [-0.15, -0.1) is 0 Å². The number of carboxylic acid groups (broad SMARTS) is 1. The van der Waals surface area contributed by atoms with Gasteiger partial charge in [-0.2, -0.15) is 13.2 Å². The molecule has 0 aliphatic rings. The van der Waals surface area contributed by atoms with Crippen LogP contribution in [-0.4, -0.2) is 62.2 Å². The van der Waals surface area contributed by atoms with Crippen molar-refractivity contribution in [3.63, 3.8) is 0 Å². The zero-order chi connectivity index (χ0) is 24.3. The number of fused-ring (bicyclic) bond motifs is 2. The summed E-state index contributed by atoms with van der Waals surface area (Å²) < 4.78 is 31.7. The lowest BCUT2D eigenvalue weighted by molar-refractivity contribution is -0.192. The molecule has 5 N–H and O–H groups in total. The predicted octanol–water partition coefficient (Wildman–Crippen LogP) is 4.12. The molecular formula is C22H25F3N6O2. The van der Waals surface area contributed by atoms with Crippen LogP contribution in [0.4, 0.5) is 19.0 Å². The Kier molecular flexibility index (Phi) is 6.92. The number of anilines is 1. The van der Waals surface area contributed by atoms with Crippen LogP contribution in [0.3, 0.4) is 0 Å². The summed E-state index contributed by atoms with van der Waals surface area (Å²) in [6.07, 6.45) is -4.06. The lowest BCUT2D eigenvalue weighted by atomic mass is 10.1. The highest BCUT2D eigenvalue weighted by atomic mass is 19.4. The normalized spacial score (nSPS) is 11.7.